The predicted molar refractivity (Wildman–Crippen MR) is 112 cm³/mol. The van der Waals surface area contributed by atoms with Gasteiger partial charge in [0.1, 0.15) is 0 Å². The van der Waals surface area contributed by atoms with Crippen molar-refractivity contribution in [1.29, 1.82) is 0 Å². The van der Waals surface area contributed by atoms with Crippen molar-refractivity contribution in [3.8, 4) is 0 Å². The molecule has 0 spiro atoms. The monoisotopic (exact) mass is 420 g/mol. The number of nitrogens with zero attached hydrogens (tertiary/aromatic N) is 4. The second-order valence-corrected chi connectivity index (χ2v) is 9.55. The summed E-state index contributed by atoms with van der Waals surface area (Å²) in [6.45, 7) is 2.88. The summed E-state index contributed by atoms with van der Waals surface area (Å²) in [6, 6.07) is 9.78. The van der Waals surface area contributed by atoms with E-state index >= 15 is 0 Å². The second kappa shape index (κ2) is 6.22. The van der Waals surface area contributed by atoms with E-state index in [9.17, 15) is 13.6 Å². The third kappa shape index (κ3) is 2.68. The number of carbonyl (C=O) groups is 1. The van der Waals surface area contributed by atoms with Gasteiger partial charge < -0.3 is 0 Å². The Morgan fingerprint density at radius 3 is 2.71 bits per heavy atom. The number of aryl methyl sites for hydroxylation is 1. The lowest BCUT2D eigenvalue weighted by Crippen LogP contribution is -2.68. The first-order chi connectivity index (χ1) is 14.9. The molecule has 1 atom stereocenters. The summed E-state index contributed by atoms with van der Waals surface area (Å²) in [4.78, 5) is 13.3. The maximum atomic E-state index is 13.7. The molecule has 2 aromatic carbocycles. The topological polar surface area (TPSA) is 50.5 Å². The van der Waals surface area contributed by atoms with Crippen LogP contribution in [0.3, 0.4) is 0 Å². The molecule has 3 saturated carbocycles. The van der Waals surface area contributed by atoms with Gasteiger partial charge in [-0.2, -0.15) is 10.2 Å². The van der Waals surface area contributed by atoms with Gasteiger partial charge in [0.2, 0.25) is 5.91 Å². The Balaban J connectivity index is 1.17. The molecule has 1 aliphatic heterocycles. The van der Waals surface area contributed by atoms with Crippen LogP contribution in [-0.2, 0) is 11.3 Å². The Morgan fingerprint density at radius 1 is 1.13 bits per heavy atom. The van der Waals surface area contributed by atoms with Gasteiger partial charge in [0.05, 0.1) is 23.2 Å². The van der Waals surface area contributed by atoms with Gasteiger partial charge >= 0.3 is 0 Å². The molecule has 2 heterocycles. The number of benzene rings is 2. The molecule has 0 N–H and O–H groups in total. The second-order valence-electron chi connectivity index (χ2n) is 9.55. The van der Waals surface area contributed by atoms with E-state index < -0.39 is 11.6 Å². The van der Waals surface area contributed by atoms with Crippen molar-refractivity contribution < 1.29 is 13.6 Å². The van der Waals surface area contributed by atoms with E-state index in [1.807, 2.05) is 6.20 Å². The van der Waals surface area contributed by atoms with E-state index in [-0.39, 0.29) is 22.8 Å². The third-order valence-electron chi connectivity index (χ3n) is 7.24. The zero-order valence-corrected chi connectivity index (χ0v) is 17.2. The van der Waals surface area contributed by atoms with Crippen LogP contribution in [0.4, 0.5) is 8.78 Å². The van der Waals surface area contributed by atoms with Crippen molar-refractivity contribution in [3.63, 3.8) is 0 Å². The minimum absolute atomic E-state index is 0.00111. The highest BCUT2D eigenvalue weighted by Crippen LogP contribution is 2.74. The zero-order valence-electron chi connectivity index (χ0n) is 17.2. The highest BCUT2D eigenvalue weighted by molar-refractivity contribution is 5.88. The van der Waals surface area contributed by atoms with Crippen LogP contribution < -0.4 is 0 Å². The summed E-state index contributed by atoms with van der Waals surface area (Å²) in [5.74, 6) is -1.79. The van der Waals surface area contributed by atoms with Gasteiger partial charge in [-0.1, -0.05) is 17.7 Å². The minimum atomic E-state index is -0.900. The van der Waals surface area contributed by atoms with Crippen LogP contribution in [0.5, 0.6) is 0 Å². The normalized spacial score (nSPS) is 28.6. The SMILES string of the molecule is Cc1ccc2c(cnn2CC23CC(C(=O)N4N=CCC4c4ccc(F)c(F)c4)(C2)C3)c1. The van der Waals surface area contributed by atoms with E-state index in [0.29, 0.717) is 12.0 Å². The van der Waals surface area contributed by atoms with Gasteiger partial charge in [0, 0.05) is 24.6 Å². The molecular weight excluding hydrogens is 398 g/mol. The molecule has 7 heteroatoms. The average molecular weight is 420 g/mol. The standard InChI is InChI=1S/C24H22F2N4O/c1-15-2-5-20-17(8-15)10-28-29(20)14-23-11-24(12-23,13-23)22(31)30-21(6-7-27-30)16-3-4-18(25)19(26)9-16/h2-5,7-10,21H,6,11-14H2,1H3. The Labute approximate surface area is 178 Å². The molecule has 1 amide bonds. The van der Waals surface area contributed by atoms with E-state index in [4.69, 9.17) is 0 Å². The van der Waals surface area contributed by atoms with Gasteiger partial charge in [-0.15, -0.1) is 0 Å². The largest absolute Gasteiger partial charge is 0.272 e. The van der Waals surface area contributed by atoms with Crippen molar-refractivity contribution in [3.05, 3.63) is 65.4 Å². The van der Waals surface area contributed by atoms with Gasteiger partial charge in [-0.3, -0.25) is 9.48 Å². The maximum absolute atomic E-state index is 13.7. The van der Waals surface area contributed by atoms with Gasteiger partial charge in [-0.05, 0) is 61.4 Å². The fourth-order valence-electron chi connectivity index (χ4n) is 5.89. The molecule has 0 saturated heterocycles. The van der Waals surface area contributed by atoms with Crippen LogP contribution >= 0.6 is 0 Å². The average Bonchev–Trinajstić information content (AvgIpc) is 3.32. The maximum Gasteiger partial charge on any atom is 0.249 e. The van der Waals surface area contributed by atoms with Crippen LogP contribution in [0.25, 0.3) is 10.9 Å². The zero-order chi connectivity index (χ0) is 21.4. The van der Waals surface area contributed by atoms with Crippen molar-refractivity contribution >= 4 is 23.0 Å². The highest BCUT2D eigenvalue weighted by atomic mass is 19.2. The Kier molecular flexibility index (Phi) is 3.74. The van der Waals surface area contributed by atoms with Gasteiger partial charge in [0.25, 0.3) is 0 Å². The van der Waals surface area contributed by atoms with Crippen LogP contribution in [0.2, 0.25) is 0 Å². The highest BCUT2D eigenvalue weighted by Gasteiger charge is 2.72. The molecule has 1 unspecified atom stereocenters. The Hall–Kier alpha value is -3.09. The fourth-order valence-corrected chi connectivity index (χ4v) is 5.89. The smallest absolute Gasteiger partial charge is 0.249 e. The molecule has 0 radical (unpaired) electrons. The first kappa shape index (κ1) is 18.7. The number of hydrazone groups is 1. The molecule has 3 aliphatic carbocycles. The Bertz CT molecular complexity index is 1240. The quantitative estimate of drug-likeness (QED) is 0.612. The number of amides is 1. The molecule has 5 nitrogen and oxygen atoms in total. The van der Waals surface area contributed by atoms with Crippen LogP contribution in [0.1, 0.15) is 42.9 Å². The molecule has 2 bridgehead atoms. The first-order valence-electron chi connectivity index (χ1n) is 10.6. The van der Waals surface area contributed by atoms with Crippen LogP contribution in [0, 0.1) is 29.4 Å². The molecule has 4 aliphatic rings. The van der Waals surface area contributed by atoms with Crippen LogP contribution in [-0.4, -0.2) is 26.9 Å². The summed E-state index contributed by atoms with van der Waals surface area (Å²) >= 11 is 0. The van der Waals surface area contributed by atoms with Crippen molar-refractivity contribution in [1.82, 2.24) is 14.8 Å². The molecule has 3 fully saturated rings. The Morgan fingerprint density at radius 2 is 1.94 bits per heavy atom. The lowest BCUT2D eigenvalue weighted by atomic mass is 9.34. The number of aromatic nitrogens is 2. The lowest BCUT2D eigenvalue weighted by Gasteiger charge is -2.69. The summed E-state index contributed by atoms with van der Waals surface area (Å²) < 4.78 is 29.1. The summed E-state index contributed by atoms with van der Waals surface area (Å²) in [5, 5.41) is 11.5. The van der Waals surface area contributed by atoms with E-state index in [0.717, 1.165) is 42.8 Å². The first-order valence-corrected chi connectivity index (χ1v) is 10.6. The molecular formula is C24H22F2N4O. The number of hydrogen-bond donors (Lipinski definition) is 0. The van der Waals surface area contributed by atoms with E-state index in [1.165, 1.54) is 22.7 Å². The molecule has 3 aromatic rings. The van der Waals surface area contributed by atoms with E-state index in [1.54, 1.807) is 6.21 Å². The van der Waals surface area contributed by atoms with Crippen molar-refractivity contribution in [2.75, 3.05) is 0 Å². The van der Waals surface area contributed by atoms with Gasteiger partial charge in [-0.25, -0.2) is 13.8 Å². The molecule has 7 rings (SSSR count). The lowest BCUT2D eigenvalue weighted by molar-refractivity contribution is -0.223. The van der Waals surface area contributed by atoms with Gasteiger partial charge in [0.15, 0.2) is 11.6 Å². The third-order valence-corrected chi connectivity index (χ3v) is 7.24. The fraction of sp³-hybridized carbons (Fsp3) is 0.375. The summed E-state index contributed by atoms with van der Waals surface area (Å²) in [6.07, 6.45) is 6.56. The van der Waals surface area contributed by atoms with Crippen molar-refractivity contribution in [2.24, 2.45) is 15.9 Å². The minimum Gasteiger partial charge on any atom is -0.272 e. The number of halogens is 2. The number of carbonyl (C=O) groups excluding carboxylic acids is 1. The molecule has 31 heavy (non-hydrogen) atoms. The summed E-state index contributed by atoms with van der Waals surface area (Å²) in [5.41, 5.74) is 2.64. The van der Waals surface area contributed by atoms with Crippen molar-refractivity contribution in [2.45, 2.75) is 45.2 Å². The summed E-state index contributed by atoms with van der Waals surface area (Å²) in [7, 11) is 0. The number of rotatable bonds is 4. The molecule has 158 valence electrons. The number of hydrogen-bond acceptors (Lipinski definition) is 3. The predicted octanol–water partition coefficient (Wildman–Crippen LogP) is 4.75. The van der Waals surface area contributed by atoms with E-state index in [2.05, 4.69) is 40.0 Å². The number of fused-ring (bicyclic) bond motifs is 1. The van der Waals surface area contributed by atoms with Crippen LogP contribution in [0.15, 0.2) is 47.7 Å². The molecule has 1 aromatic heterocycles.